The van der Waals surface area contributed by atoms with Crippen LogP contribution < -0.4 is 0 Å². The predicted molar refractivity (Wildman–Crippen MR) is 94.9 cm³/mol. The number of carbonyl (C=O) groups excluding carboxylic acids is 1. The molecule has 3 saturated carbocycles. The van der Waals surface area contributed by atoms with Crippen molar-refractivity contribution in [3.05, 3.63) is 0 Å². The molecule has 1 spiro atoms. The van der Waals surface area contributed by atoms with Crippen LogP contribution in [-0.4, -0.2) is 36.5 Å². The van der Waals surface area contributed by atoms with Crippen LogP contribution in [0.15, 0.2) is 0 Å². The molecule has 4 fully saturated rings. The Bertz CT molecular complexity index is 576. The van der Waals surface area contributed by atoms with Crippen molar-refractivity contribution in [1.82, 2.24) is 0 Å². The summed E-state index contributed by atoms with van der Waals surface area (Å²) in [5, 5.41) is 9.86. The maximum absolute atomic E-state index is 12.7. The van der Waals surface area contributed by atoms with Crippen molar-refractivity contribution in [3.8, 4) is 0 Å². The summed E-state index contributed by atoms with van der Waals surface area (Å²) in [5.41, 5.74) is -0.195. The molecular formula is C21H34O4. The van der Waals surface area contributed by atoms with E-state index in [2.05, 4.69) is 20.8 Å². The van der Waals surface area contributed by atoms with Crippen LogP contribution in [-0.2, 0) is 14.3 Å². The summed E-state index contributed by atoms with van der Waals surface area (Å²) in [4.78, 5) is 12.7. The first kappa shape index (κ1) is 17.8. The molecule has 2 bridgehead atoms. The molecule has 0 radical (unpaired) electrons. The number of methoxy groups -OCH3 is 1. The van der Waals surface area contributed by atoms with Crippen molar-refractivity contribution in [2.75, 3.05) is 13.7 Å². The van der Waals surface area contributed by atoms with Gasteiger partial charge in [0.15, 0.2) is 0 Å². The summed E-state index contributed by atoms with van der Waals surface area (Å²) in [5.74, 6) is 0.839. The Morgan fingerprint density at radius 2 is 1.84 bits per heavy atom. The topological polar surface area (TPSA) is 55.8 Å². The minimum absolute atomic E-state index is 0.0202. The monoisotopic (exact) mass is 350 g/mol. The molecular weight excluding hydrogens is 316 g/mol. The molecule has 7 atom stereocenters. The van der Waals surface area contributed by atoms with E-state index >= 15 is 0 Å². The highest BCUT2D eigenvalue weighted by Gasteiger charge is 2.69. The number of ether oxygens (including phenoxy) is 2. The first-order valence-electron chi connectivity index (χ1n) is 10.1. The second-order valence-electron chi connectivity index (χ2n) is 10.1. The van der Waals surface area contributed by atoms with E-state index in [9.17, 15) is 9.90 Å². The zero-order valence-corrected chi connectivity index (χ0v) is 16.3. The third-order valence-corrected chi connectivity index (χ3v) is 8.94. The van der Waals surface area contributed by atoms with Gasteiger partial charge < -0.3 is 14.6 Å². The standard InChI is InChI=1S/C21H34O4/c1-18-10-6-15-19(2)8-5-9-20(3,17(23)24-4)14(19)7-11-21(15,13-18)25-16(18)12-22/h14-16,22H,5-13H2,1-4H3/t14-,15-,16-,18+,19+,20-,21+/m1/s1. The van der Waals surface area contributed by atoms with Crippen LogP contribution in [0, 0.1) is 28.1 Å². The Hall–Kier alpha value is -0.610. The van der Waals surface area contributed by atoms with Gasteiger partial charge in [0.2, 0.25) is 0 Å². The lowest BCUT2D eigenvalue weighted by molar-refractivity contribution is -0.207. The molecule has 3 aliphatic carbocycles. The summed E-state index contributed by atoms with van der Waals surface area (Å²) in [6.07, 6.45) is 8.62. The van der Waals surface area contributed by atoms with E-state index in [1.165, 1.54) is 13.5 Å². The highest BCUT2D eigenvalue weighted by molar-refractivity contribution is 5.77. The second-order valence-corrected chi connectivity index (χ2v) is 10.1. The smallest absolute Gasteiger partial charge is 0.311 e. The molecule has 0 aromatic heterocycles. The fraction of sp³-hybridized carbons (Fsp3) is 0.952. The minimum atomic E-state index is -0.362. The number of aliphatic hydroxyl groups excluding tert-OH is 1. The third-order valence-electron chi connectivity index (χ3n) is 8.94. The molecule has 1 saturated heterocycles. The van der Waals surface area contributed by atoms with Crippen LogP contribution in [0.4, 0.5) is 0 Å². The number of hydrogen-bond acceptors (Lipinski definition) is 4. The summed E-state index contributed by atoms with van der Waals surface area (Å²) >= 11 is 0. The second kappa shape index (κ2) is 5.45. The molecule has 0 amide bonds. The number of esters is 1. The average molecular weight is 350 g/mol. The molecule has 0 aromatic carbocycles. The lowest BCUT2D eigenvalue weighted by Crippen LogP contribution is -2.61. The minimum Gasteiger partial charge on any atom is -0.469 e. The Balaban J connectivity index is 1.71. The van der Waals surface area contributed by atoms with Gasteiger partial charge in [-0.05, 0) is 74.5 Å². The molecule has 4 rings (SSSR count). The summed E-state index contributed by atoms with van der Waals surface area (Å²) in [6.45, 7) is 6.98. The lowest BCUT2D eigenvalue weighted by Gasteiger charge is -2.63. The summed E-state index contributed by atoms with van der Waals surface area (Å²) in [7, 11) is 1.53. The highest BCUT2D eigenvalue weighted by atomic mass is 16.5. The fourth-order valence-corrected chi connectivity index (χ4v) is 7.81. The van der Waals surface area contributed by atoms with E-state index in [0.29, 0.717) is 11.8 Å². The van der Waals surface area contributed by atoms with E-state index < -0.39 is 0 Å². The van der Waals surface area contributed by atoms with Gasteiger partial charge in [0.1, 0.15) is 0 Å². The van der Waals surface area contributed by atoms with Gasteiger partial charge in [-0.2, -0.15) is 0 Å². The Kier molecular flexibility index (Phi) is 3.88. The Labute approximate surface area is 151 Å². The normalized spacial score (nSPS) is 54.5. The van der Waals surface area contributed by atoms with Gasteiger partial charge in [0, 0.05) is 0 Å². The summed E-state index contributed by atoms with van der Waals surface area (Å²) in [6, 6.07) is 0. The van der Waals surface area contributed by atoms with E-state index in [4.69, 9.17) is 9.47 Å². The van der Waals surface area contributed by atoms with Crippen LogP contribution in [0.5, 0.6) is 0 Å². The average Bonchev–Trinajstić information content (AvgIpc) is 2.78. The number of hydrogen-bond donors (Lipinski definition) is 1. The van der Waals surface area contributed by atoms with Gasteiger partial charge in [0.05, 0.1) is 30.8 Å². The number of aliphatic hydroxyl groups is 1. The molecule has 0 aromatic rings. The van der Waals surface area contributed by atoms with Crippen LogP contribution in [0.3, 0.4) is 0 Å². The van der Waals surface area contributed by atoms with Crippen LogP contribution >= 0.6 is 0 Å². The van der Waals surface area contributed by atoms with Gasteiger partial charge in [-0.15, -0.1) is 0 Å². The molecule has 0 unspecified atom stereocenters. The molecule has 1 aliphatic heterocycles. The molecule has 142 valence electrons. The third kappa shape index (κ3) is 2.16. The van der Waals surface area contributed by atoms with Gasteiger partial charge in [-0.3, -0.25) is 4.79 Å². The zero-order chi connectivity index (χ0) is 18.1. The summed E-state index contributed by atoms with van der Waals surface area (Å²) < 4.78 is 11.9. The first-order valence-corrected chi connectivity index (χ1v) is 10.1. The van der Waals surface area contributed by atoms with E-state index in [1.807, 2.05) is 0 Å². The predicted octanol–water partition coefficient (Wildman–Crippen LogP) is 3.70. The van der Waals surface area contributed by atoms with Crippen LogP contribution in [0.1, 0.15) is 72.1 Å². The Morgan fingerprint density at radius 1 is 1.12 bits per heavy atom. The lowest BCUT2D eigenvalue weighted by atomic mass is 9.42. The zero-order valence-electron chi connectivity index (χ0n) is 16.3. The molecule has 4 nitrogen and oxygen atoms in total. The van der Waals surface area contributed by atoms with Crippen LogP contribution in [0.2, 0.25) is 0 Å². The molecule has 4 aliphatic rings. The molecule has 1 N–H and O–H groups in total. The molecule has 25 heavy (non-hydrogen) atoms. The van der Waals surface area contributed by atoms with Crippen molar-refractivity contribution in [2.45, 2.75) is 83.8 Å². The molecule has 4 heteroatoms. The number of rotatable bonds is 2. The quantitative estimate of drug-likeness (QED) is 0.772. The number of fused-ring (bicyclic) bond motifs is 3. The van der Waals surface area contributed by atoms with Gasteiger partial charge >= 0.3 is 5.97 Å². The largest absolute Gasteiger partial charge is 0.469 e. The van der Waals surface area contributed by atoms with E-state index in [1.54, 1.807) is 0 Å². The number of carbonyl (C=O) groups is 1. The van der Waals surface area contributed by atoms with Gasteiger partial charge in [-0.25, -0.2) is 0 Å². The van der Waals surface area contributed by atoms with Gasteiger partial charge in [-0.1, -0.05) is 20.3 Å². The van der Waals surface area contributed by atoms with Crippen molar-refractivity contribution < 1.29 is 19.4 Å². The maximum atomic E-state index is 12.7. The SMILES string of the molecule is COC(=O)[C@]1(C)CCC[C@@]2(C)[C@H]1CC[C@]13C[C@](C)(CC[C@@H]12)[C@@H](CO)O3. The Morgan fingerprint density at radius 3 is 2.52 bits per heavy atom. The maximum Gasteiger partial charge on any atom is 0.311 e. The van der Waals surface area contributed by atoms with Crippen molar-refractivity contribution in [2.24, 2.45) is 28.1 Å². The first-order chi connectivity index (χ1) is 11.7. The highest BCUT2D eigenvalue weighted by Crippen LogP contribution is 2.70. The van der Waals surface area contributed by atoms with Crippen molar-refractivity contribution >= 4 is 5.97 Å². The van der Waals surface area contributed by atoms with E-state index in [-0.39, 0.29) is 40.5 Å². The van der Waals surface area contributed by atoms with E-state index in [0.717, 1.165) is 44.9 Å². The van der Waals surface area contributed by atoms with Crippen molar-refractivity contribution in [1.29, 1.82) is 0 Å². The van der Waals surface area contributed by atoms with Crippen LogP contribution in [0.25, 0.3) is 0 Å². The molecule has 1 heterocycles. The van der Waals surface area contributed by atoms with Gasteiger partial charge in [0.25, 0.3) is 0 Å². The fourth-order valence-electron chi connectivity index (χ4n) is 7.81. The van der Waals surface area contributed by atoms with Crippen molar-refractivity contribution in [3.63, 3.8) is 0 Å².